The standard InChI is InChI=1S/C20H23FO3/c1-2-3-9-17(21)14-20(22)24-19-12-10-18(11-13-19)23-15-16-7-5-4-6-8-16/h4-8,10-13,17H,2-3,9,14-15H2,1H3/t17-/m1/s1. The number of carbonyl (C=O) groups is 1. The molecule has 0 aliphatic carbocycles. The second kappa shape index (κ2) is 9.71. The van der Waals surface area contributed by atoms with Crippen molar-refractivity contribution in [1.29, 1.82) is 0 Å². The fraction of sp³-hybridized carbons (Fsp3) is 0.350. The molecule has 0 N–H and O–H groups in total. The molecule has 3 nitrogen and oxygen atoms in total. The Morgan fingerprint density at radius 3 is 2.38 bits per heavy atom. The Balaban J connectivity index is 1.78. The van der Waals surface area contributed by atoms with E-state index in [0.29, 0.717) is 24.5 Å². The predicted molar refractivity (Wildman–Crippen MR) is 91.9 cm³/mol. The average Bonchev–Trinajstić information content (AvgIpc) is 2.60. The van der Waals surface area contributed by atoms with Gasteiger partial charge < -0.3 is 9.47 Å². The van der Waals surface area contributed by atoms with E-state index in [9.17, 15) is 9.18 Å². The van der Waals surface area contributed by atoms with Crippen molar-refractivity contribution < 1.29 is 18.7 Å². The molecule has 1 atom stereocenters. The molecule has 4 heteroatoms. The Morgan fingerprint density at radius 1 is 1.04 bits per heavy atom. The minimum Gasteiger partial charge on any atom is -0.489 e. The maximum atomic E-state index is 13.5. The number of ether oxygens (including phenoxy) is 2. The number of halogens is 1. The van der Waals surface area contributed by atoms with E-state index in [1.807, 2.05) is 37.3 Å². The van der Waals surface area contributed by atoms with Crippen LogP contribution in [-0.4, -0.2) is 12.1 Å². The summed E-state index contributed by atoms with van der Waals surface area (Å²) in [7, 11) is 0. The SMILES string of the molecule is CCCC[C@@H](F)CC(=O)Oc1ccc(OCc2ccccc2)cc1. The number of esters is 1. The van der Waals surface area contributed by atoms with Gasteiger partial charge in [0.25, 0.3) is 0 Å². The average molecular weight is 330 g/mol. The van der Waals surface area contributed by atoms with Gasteiger partial charge in [-0.15, -0.1) is 0 Å². The number of rotatable bonds is 9. The first-order chi connectivity index (χ1) is 11.7. The van der Waals surface area contributed by atoms with Crippen molar-refractivity contribution in [3.8, 4) is 11.5 Å². The number of benzene rings is 2. The van der Waals surface area contributed by atoms with Crippen LogP contribution in [0.1, 0.15) is 38.2 Å². The Morgan fingerprint density at radius 2 is 1.71 bits per heavy atom. The fourth-order valence-electron chi connectivity index (χ4n) is 2.23. The molecule has 0 amide bonds. The van der Waals surface area contributed by atoms with Crippen molar-refractivity contribution in [1.82, 2.24) is 0 Å². The van der Waals surface area contributed by atoms with E-state index in [1.165, 1.54) is 0 Å². The second-order valence-corrected chi connectivity index (χ2v) is 5.66. The Labute approximate surface area is 142 Å². The number of unbranched alkanes of at least 4 members (excludes halogenated alkanes) is 1. The van der Waals surface area contributed by atoms with Crippen LogP contribution < -0.4 is 9.47 Å². The highest BCUT2D eigenvalue weighted by molar-refractivity contribution is 5.72. The Hall–Kier alpha value is -2.36. The topological polar surface area (TPSA) is 35.5 Å². The van der Waals surface area contributed by atoms with Gasteiger partial charge >= 0.3 is 5.97 Å². The highest BCUT2D eigenvalue weighted by Gasteiger charge is 2.14. The summed E-state index contributed by atoms with van der Waals surface area (Å²) in [5, 5.41) is 0. The third-order valence-corrected chi connectivity index (χ3v) is 3.56. The molecule has 0 aromatic heterocycles. The van der Waals surface area contributed by atoms with E-state index in [4.69, 9.17) is 9.47 Å². The van der Waals surface area contributed by atoms with Crippen molar-refractivity contribution in [2.75, 3.05) is 0 Å². The zero-order valence-electron chi connectivity index (χ0n) is 13.9. The molecule has 2 aromatic carbocycles. The monoisotopic (exact) mass is 330 g/mol. The molecule has 0 radical (unpaired) electrons. The molecule has 0 bridgehead atoms. The summed E-state index contributed by atoms with van der Waals surface area (Å²) in [6.07, 6.45) is 0.761. The zero-order valence-corrected chi connectivity index (χ0v) is 13.9. The van der Waals surface area contributed by atoms with Crippen LogP contribution in [0.4, 0.5) is 4.39 Å². The van der Waals surface area contributed by atoms with Crippen molar-refractivity contribution in [2.24, 2.45) is 0 Å². The maximum absolute atomic E-state index is 13.5. The van der Waals surface area contributed by atoms with Crippen LogP contribution in [0, 0.1) is 0 Å². The lowest BCUT2D eigenvalue weighted by Crippen LogP contribution is -2.14. The van der Waals surface area contributed by atoms with Crippen LogP contribution >= 0.6 is 0 Å². The molecule has 0 spiro atoms. The lowest BCUT2D eigenvalue weighted by molar-refractivity contribution is -0.135. The van der Waals surface area contributed by atoms with Gasteiger partial charge in [0, 0.05) is 0 Å². The van der Waals surface area contributed by atoms with Crippen LogP contribution in [0.2, 0.25) is 0 Å². The molecular weight excluding hydrogens is 307 g/mol. The summed E-state index contributed by atoms with van der Waals surface area (Å²) in [5.41, 5.74) is 1.08. The number of hydrogen-bond acceptors (Lipinski definition) is 3. The molecule has 24 heavy (non-hydrogen) atoms. The lowest BCUT2D eigenvalue weighted by Gasteiger charge is -2.09. The molecule has 0 saturated carbocycles. The smallest absolute Gasteiger partial charge is 0.314 e. The Kier molecular flexibility index (Phi) is 7.27. The molecule has 0 saturated heterocycles. The zero-order chi connectivity index (χ0) is 17.2. The normalized spacial score (nSPS) is 11.8. The van der Waals surface area contributed by atoms with Gasteiger partial charge in [-0.05, 0) is 36.2 Å². The first-order valence-electron chi connectivity index (χ1n) is 8.29. The molecule has 0 aliphatic heterocycles. The first-order valence-corrected chi connectivity index (χ1v) is 8.29. The molecule has 2 aromatic rings. The molecule has 0 unspecified atom stereocenters. The van der Waals surface area contributed by atoms with Crippen molar-refractivity contribution in [3.05, 3.63) is 60.2 Å². The van der Waals surface area contributed by atoms with Gasteiger partial charge in [0.2, 0.25) is 0 Å². The van der Waals surface area contributed by atoms with E-state index in [-0.39, 0.29) is 6.42 Å². The van der Waals surface area contributed by atoms with Gasteiger partial charge in [-0.3, -0.25) is 4.79 Å². The summed E-state index contributed by atoms with van der Waals surface area (Å²) in [6, 6.07) is 16.6. The quantitative estimate of drug-likeness (QED) is 0.474. The summed E-state index contributed by atoms with van der Waals surface area (Å²) >= 11 is 0. The van der Waals surface area contributed by atoms with E-state index in [1.54, 1.807) is 24.3 Å². The highest BCUT2D eigenvalue weighted by atomic mass is 19.1. The minimum absolute atomic E-state index is 0.202. The van der Waals surface area contributed by atoms with Crippen molar-refractivity contribution in [2.45, 2.75) is 45.4 Å². The fourth-order valence-corrected chi connectivity index (χ4v) is 2.23. The van der Waals surface area contributed by atoms with E-state index >= 15 is 0 Å². The molecule has 0 fully saturated rings. The van der Waals surface area contributed by atoms with Gasteiger partial charge in [0.15, 0.2) is 0 Å². The van der Waals surface area contributed by atoms with Crippen LogP contribution in [-0.2, 0) is 11.4 Å². The third kappa shape index (κ3) is 6.41. The van der Waals surface area contributed by atoms with Gasteiger partial charge in [-0.1, -0.05) is 50.1 Å². The largest absolute Gasteiger partial charge is 0.489 e. The Bertz CT molecular complexity index is 611. The van der Waals surface area contributed by atoms with E-state index in [0.717, 1.165) is 18.4 Å². The first kappa shape index (κ1) is 18.0. The molecule has 0 aliphatic rings. The van der Waals surface area contributed by atoms with Gasteiger partial charge in [0.05, 0.1) is 6.42 Å². The van der Waals surface area contributed by atoms with Crippen LogP contribution in [0.15, 0.2) is 54.6 Å². The minimum atomic E-state index is -1.13. The molecular formula is C20H23FO3. The molecule has 2 rings (SSSR count). The van der Waals surface area contributed by atoms with Gasteiger partial charge in [-0.25, -0.2) is 4.39 Å². The number of hydrogen-bond donors (Lipinski definition) is 0. The molecule has 0 heterocycles. The summed E-state index contributed by atoms with van der Waals surface area (Å²) < 4.78 is 24.4. The lowest BCUT2D eigenvalue weighted by atomic mass is 10.1. The number of carbonyl (C=O) groups excluding carboxylic acids is 1. The number of alkyl halides is 1. The van der Waals surface area contributed by atoms with Gasteiger partial charge in [0.1, 0.15) is 24.3 Å². The van der Waals surface area contributed by atoms with Crippen LogP contribution in [0.25, 0.3) is 0 Å². The molecule has 128 valence electrons. The van der Waals surface area contributed by atoms with E-state index < -0.39 is 12.1 Å². The second-order valence-electron chi connectivity index (χ2n) is 5.66. The summed E-state index contributed by atoms with van der Waals surface area (Å²) in [5.74, 6) is 0.538. The van der Waals surface area contributed by atoms with Crippen molar-refractivity contribution >= 4 is 5.97 Å². The third-order valence-electron chi connectivity index (χ3n) is 3.56. The van der Waals surface area contributed by atoms with Crippen molar-refractivity contribution in [3.63, 3.8) is 0 Å². The van der Waals surface area contributed by atoms with Gasteiger partial charge in [-0.2, -0.15) is 0 Å². The van der Waals surface area contributed by atoms with Crippen LogP contribution in [0.5, 0.6) is 11.5 Å². The van der Waals surface area contributed by atoms with Crippen LogP contribution in [0.3, 0.4) is 0 Å². The van der Waals surface area contributed by atoms with E-state index in [2.05, 4.69) is 0 Å². The highest BCUT2D eigenvalue weighted by Crippen LogP contribution is 2.20. The summed E-state index contributed by atoms with van der Waals surface area (Å²) in [6.45, 7) is 2.47. The summed E-state index contributed by atoms with van der Waals surface area (Å²) in [4.78, 5) is 11.7. The maximum Gasteiger partial charge on any atom is 0.314 e. The predicted octanol–water partition coefficient (Wildman–Crippen LogP) is 5.09.